The van der Waals surface area contributed by atoms with E-state index in [-0.39, 0.29) is 29.2 Å². The van der Waals surface area contributed by atoms with E-state index in [0.717, 1.165) is 18.5 Å². The minimum atomic E-state index is -4.72. The number of anilines is 1. The van der Waals surface area contributed by atoms with Crippen LogP contribution < -0.4 is 9.64 Å². The van der Waals surface area contributed by atoms with Gasteiger partial charge in [0.25, 0.3) is 0 Å². The average Bonchev–Trinajstić information content (AvgIpc) is 3.89. The minimum Gasteiger partial charge on any atom is -0.481 e. The molecule has 0 unspecified atom stereocenters. The van der Waals surface area contributed by atoms with E-state index >= 15 is 0 Å². The third kappa shape index (κ3) is 4.77. The minimum absolute atomic E-state index is 0.0278. The predicted molar refractivity (Wildman–Crippen MR) is 158 cm³/mol. The predicted octanol–water partition coefficient (Wildman–Crippen LogP) is 6.12. The number of rotatable bonds is 5. The first kappa shape index (κ1) is 19.4. The molecule has 0 radical (unpaired) electrons. The van der Waals surface area contributed by atoms with Crippen LogP contribution in [0.4, 0.5) is 19.0 Å². The van der Waals surface area contributed by atoms with Gasteiger partial charge in [0, 0.05) is 56.7 Å². The number of morpholine rings is 1. The van der Waals surface area contributed by atoms with Crippen molar-refractivity contribution in [1.29, 1.82) is 0 Å². The Bertz CT molecular complexity index is 1550. The van der Waals surface area contributed by atoms with E-state index in [4.69, 9.17) is 40.2 Å². The van der Waals surface area contributed by atoms with E-state index in [9.17, 15) is 13.2 Å². The molecule has 2 saturated heterocycles. The fourth-order valence-electron chi connectivity index (χ4n) is 5.58. The van der Waals surface area contributed by atoms with Crippen molar-refractivity contribution in [3.63, 3.8) is 0 Å². The Morgan fingerprint density at radius 3 is 2.70 bits per heavy atom. The highest BCUT2D eigenvalue weighted by molar-refractivity contribution is 5.91. The Balaban J connectivity index is 0. The number of halogens is 3. The zero-order valence-electron chi connectivity index (χ0n) is 36.6. The van der Waals surface area contributed by atoms with Crippen molar-refractivity contribution in [2.24, 2.45) is 0 Å². The van der Waals surface area contributed by atoms with Gasteiger partial charge in [-0.25, -0.2) is 19.6 Å². The average molecular weight is 585 g/mol. The monoisotopic (exact) mass is 584 g/mol. The van der Waals surface area contributed by atoms with Crippen molar-refractivity contribution >= 4 is 16.9 Å². The van der Waals surface area contributed by atoms with Gasteiger partial charge in [0.05, 0.1) is 43.7 Å². The lowest BCUT2D eigenvalue weighted by atomic mass is 10.1. The van der Waals surface area contributed by atoms with Crippen LogP contribution >= 0.6 is 0 Å². The molecule has 40 heavy (non-hydrogen) atoms. The molecule has 0 aromatic carbocycles. The molecule has 0 saturated carbocycles. The van der Waals surface area contributed by atoms with E-state index < -0.39 is 11.9 Å². The second-order valence-electron chi connectivity index (χ2n) is 10.4. The molecule has 0 spiro atoms. The van der Waals surface area contributed by atoms with Crippen molar-refractivity contribution in [1.82, 2.24) is 34.6 Å². The lowest BCUT2D eigenvalue weighted by Gasteiger charge is -2.34. The van der Waals surface area contributed by atoms with Gasteiger partial charge in [-0.05, 0) is 52.0 Å². The summed E-state index contributed by atoms with van der Waals surface area (Å²) in [6.07, 6.45) is -0.00638. The third-order valence-electron chi connectivity index (χ3n) is 7.69. The number of nitrogens with zero attached hydrogens (tertiary/aromatic N) is 7. The molecule has 4 aromatic rings. The maximum absolute atomic E-state index is 14.6. The fraction of sp³-hybridized carbons (Fsp3) is 0.481. The molecule has 13 heteroatoms. The number of H-pyrrole nitrogens is 1. The summed E-state index contributed by atoms with van der Waals surface area (Å²) in [4.78, 5) is 21.2. The maximum atomic E-state index is 14.6. The number of aromatic nitrogens is 6. The summed E-state index contributed by atoms with van der Waals surface area (Å²) in [6.45, 7) is 5.03. The van der Waals surface area contributed by atoms with E-state index in [1.54, 1.807) is 24.5 Å². The van der Waals surface area contributed by atoms with E-state index in [1.807, 2.05) is 24.9 Å². The van der Waals surface area contributed by atoms with Crippen LogP contribution in [0.5, 0.6) is 5.88 Å². The van der Waals surface area contributed by atoms with Crippen LogP contribution in [0.3, 0.4) is 0 Å². The Morgan fingerprint density at radius 1 is 1.18 bits per heavy atom. The summed E-state index contributed by atoms with van der Waals surface area (Å²) >= 11 is 0. The molecule has 226 valence electrons. The number of methoxy groups -OCH3 is 1. The summed E-state index contributed by atoms with van der Waals surface area (Å²) < 4.78 is 126. The number of pyridine rings is 1. The number of alkyl halides is 3. The van der Waals surface area contributed by atoms with Crippen molar-refractivity contribution in [2.75, 3.05) is 51.9 Å². The first-order chi connectivity index (χ1) is 26.2. The third-order valence-corrected chi connectivity index (χ3v) is 7.69. The van der Waals surface area contributed by atoms with E-state index in [2.05, 4.69) is 20.0 Å². The van der Waals surface area contributed by atoms with Crippen LogP contribution in [-0.2, 0) is 10.9 Å². The number of hydrogen-bond donors (Lipinski definition) is 1. The van der Waals surface area contributed by atoms with Crippen LogP contribution in [0.15, 0.2) is 30.6 Å². The molecule has 1 atom stereocenters. The molecule has 6 rings (SSSR count). The summed E-state index contributed by atoms with van der Waals surface area (Å²) in [7, 11) is 3.38. The molecule has 2 aliphatic rings. The van der Waals surface area contributed by atoms with Gasteiger partial charge in [0.1, 0.15) is 11.5 Å². The summed E-state index contributed by atoms with van der Waals surface area (Å²) in [5, 5.41) is 4.89. The highest BCUT2D eigenvalue weighted by atomic mass is 19.4. The molecule has 0 bridgehead atoms. The van der Waals surface area contributed by atoms with Crippen molar-refractivity contribution in [3.05, 3.63) is 36.3 Å². The van der Waals surface area contributed by atoms with Gasteiger partial charge in [-0.3, -0.25) is 0 Å². The number of piperidine rings is 1. The summed E-state index contributed by atoms with van der Waals surface area (Å²) in [5.74, 6) is 0.855. The van der Waals surface area contributed by atoms with Crippen molar-refractivity contribution < 1.29 is 43.4 Å². The lowest BCUT2D eigenvalue weighted by Crippen LogP contribution is -2.44. The highest BCUT2D eigenvalue weighted by Crippen LogP contribution is 2.44. The fourth-order valence-corrected chi connectivity index (χ4v) is 5.58. The SMILES string of the molecule is COc1c(-c2cc(N3CCOC[C@H]3C)nc(-c3ccnc4[nH]ccc34)n2)c(C(F)(F)F)nn1C1CCN(C)CC1.[2H][2H].[2H][2H].[2H][2H].[2H][2H].[2H][2H].[2H][2H].[2H][2H]. The van der Waals surface area contributed by atoms with Crippen LogP contribution in [-0.4, -0.2) is 87.7 Å². The quantitative estimate of drug-likeness (QED) is 0.300. The summed E-state index contributed by atoms with van der Waals surface area (Å²) in [5.41, 5.74) is 0.194. The van der Waals surface area contributed by atoms with Crippen LogP contribution in [0.1, 0.15) is 52.3 Å². The smallest absolute Gasteiger partial charge is 0.435 e. The topological polar surface area (TPSA) is 97.2 Å². The molecule has 0 aliphatic carbocycles. The Hall–Kier alpha value is -3.71. The van der Waals surface area contributed by atoms with Gasteiger partial charge in [-0.2, -0.15) is 18.3 Å². The molecule has 2 fully saturated rings. The molecule has 10 nitrogen and oxygen atoms in total. The number of likely N-dealkylation sites (tertiary alicyclic amines) is 1. The Kier molecular flexibility index (Phi) is 5.02. The molecule has 1 N–H and O–H groups in total. The standard InChI is InChI=1S/C27H31F3N8O2.7H2/c1-16-15-40-13-12-37(16)21-14-20(33-25(34-21)19-5-9-32-24-18(19)4-8-31-24)22-23(27(28,29)30)35-38(26(22)39-3)17-6-10-36(2)11-7-17;;;;;;;/h4-5,8-9,14,16-17H,6-7,10-13,15H2,1-3H3,(H,31,32);7*1H/t16-;;;;;;;/m1......./s1/i;7*1+1D. The van der Waals surface area contributed by atoms with Gasteiger partial charge in [-0.15, -0.1) is 0 Å². The van der Waals surface area contributed by atoms with E-state index in [0.29, 0.717) is 55.5 Å². The van der Waals surface area contributed by atoms with Crippen LogP contribution in [0.25, 0.3) is 33.7 Å². The molecule has 4 aromatic heterocycles. The highest BCUT2D eigenvalue weighted by Gasteiger charge is 2.42. The molecular weight excluding hydrogens is 525 g/mol. The van der Waals surface area contributed by atoms with Crippen LogP contribution in [0.2, 0.25) is 0 Å². The van der Waals surface area contributed by atoms with Crippen LogP contribution in [0, 0.1) is 0 Å². The number of hydrogen-bond acceptors (Lipinski definition) is 8. The lowest BCUT2D eigenvalue weighted by molar-refractivity contribution is -0.141. The largest absolute Gasteiger partial charge is 0.481 e. The first-order valence-electron chi connectivity index (χ1n) is 20.3. The van der Waals surface area contributed by atoms with Crippen molar-refractivity contribution in [3.8, 4) is 28.5 Å². The summed E-state index contributed by atoms with van der Waals surface area (Å²) in [6, 6.07) is 4.98. The normalized spacial score (nSPS) is 20.9. The molecule has 2 aliphatic heterocycles. The number of nitrogens with one attached hydrogen (secondary N) is 1. The number of fused-ring (bicyclic) bond motifs is 1. The van der Waals surface area contributed by atoms with Gasteiger partial charge in [-0.1, -0.05) is 0 Å². The first-order valence-corrected chi connectivity index (χ1v) is 13.3. The van der Waals surface area contributed by atoms with Gasteiger partial charge in [0.15, 0.2) is 11.5 Å². The molecule has 0 amide bonds. The van der Waals surface area contributed by atoms with Gasteiger partial charge < -0.3 is 24.3 Å². The maximum Gasteiger partial charge on any atom is 0.435 e. The zero-order valence-corrected chi connectivity index (χ0v) is 22.6. The van der Waals surface area contributed by atoms with Gasteiger partial charge in [0.2, 0.25) is 5.88 Å². The van der Waals surface area contributed by atoms with Gasteiger partial charge >= 0.3 is 6.18 Å². The van der Waals surface area contributed by atoms with E-state index in [1.165, 1.54) is 11.8 Å². The second kappa shape index (κ2) is 10.4. The number of ether oxygens (including phenoxy) is 2. The Labute approximate surface area is 250 Å². The number of aromatic amines is 1. The second-order valence-corrected chi connectivity index (χ2v) is 10.4. The van der Waals surface area contributed by atoms with Crippen molar-refractivity contribution in [2.45, 2.75) is 38.0 Å². The zero-order chi connectivity index (χ0) is 42.0. The Morgan fingerprint density at radius 2 is 1.98 bits per heavy atom. The molecular formula is C27H45F3N8O2. The molecule has 6 heterocycles.